The van der Waals surface area contributed by atoms with Gasteiger partial charge in [0.25, 0.3) is 5.91 Å². The highest BCUT2D eigenvalue weighted by molar-refractivity contribution is 6.05. The molecule has 2 heterocycles. The Morgan fingerprint density at radius 3 is 2.68 bits per heavy atom. The number of imide groups is 1. The third kappa shape index (κ3) is 4.66. The van der Waals surface area contributed by atoms with E-state index in [4.69, 9.17) is 4.74 Å². The third-order valence-corrected chi connectivity index (χ3v) is 5.12. The number of fused-ring (bicyclic) bond motifs is 1. The number of hydrogen-bond donors (Lipinski definition) is 3. The number of rotatable bonds is 8. The molecule has 1 saturated heterocycles. The zero-order valence-electron chi connectivity index (χ0n) is 17.1. The number of aromatic nitrogens is 2. The summed E-state index contributed by atoms with van der Waals surface area (Å²) < 4.78 is 5.11. The number of para-hydroxylation sites is 2. The monoisotopic (exact) mass is 421 g/mol. The molecular weight excluding hydrogens is 398 g/mol. The first-order valence-electron chi connectivity index (χ1n) is 9.98. The first-order valence-corrected chi connectivity index (χ1v) is 9.98. The van der Waals surface area contributed by atoms with E-state index in [1.807, 2.05) is 24.3 Å². The van der Waals surface area contributed by atoms with Crippen molar-refractivity contribution in [3.8, 4) is 5.75 Å². The number of benzene rings is 2. The van der Waals surface area contributed by atoms with Crippen molar-refractivity contribution in [1.29, 1.82) is 0 Å². The highest BCUT2D eigenvalue weighted by Gasteiger charge is 2.38. The van der Waals surface area contributed by atoms with Gasteiger partial charge in [0.1, 0.15) is 17.6 Å². The summed E-state index contributed by atoms with van der Waals surface area (Å²) in [7, 11) is 1.57. The summed E-state index contributed by atoms with van der Waals surface area (Å²) in [5, 5.41) is 5.37. The molecule has 9 nitrogen and oxygen atoms in total. The Balaban J connectivity index is 1.26. The molecule has 0 unspecified atom stereocenters. The van der Waals surface area contributed by atoms with Crippen molar-refractivity contribution >= 4 is 28.9 Å². The van der Waals surface area contributed by atoms with Gasteiger partial charge in [-0.1, -0.05) is 24.3 Å². The number of carbonyl (C=O) groups excluding carboxylic acids is 3. The molecule has 4 rings (SSSR count). The summed E-state index contributed by atoms with van der Waals surface area (Å²) in [6.07, 6.45) is 0.429. The minimum atomic E-state index is -0.864. The van der Waals surface area contributed by atoms with Gasteiger partial charge in [-0.2, -0.15) is 0 Å². The number of aromatic amines is 1. The van der Waals surface area contributed by atoms with E-state index in [1.165, 1.54) is 0 Å². The van der Waals surface area contributed by atoms with E-state index in [2.05, 4.69) is 20.6 Å². The van der Waals surface area contributed by atoms with Gasteiger partial charge >= 0.3 is 6.03 Å². The molecule has 0 saturated carbocycles. The Hall–Kier alpha value is -3.88. The van der Waals surface area contributed by atoms with Crippen LogP contribution in [-0.4, -0.2) is 52.4 Å². The molecule has 31 heavy (non-hydrogen) atoms. The Labute approximate surface area is 178 Å². The Morgan fingerprint density at radius 1 is 1.16 bits per heavy atom. The van der Waals surface area contributed by atoms with Gasteiger partial charge in [0.2, 0.25) is 5.91 Å². The van der Waals surface area contributed by atoms with Crippen molar-refractivity contribution in [1.82, 2.24) is 25.5 Å². The number of amides is 4. The molecule has 3 aromatic rings. The number of H-pyrrole nitrogens is 1. The van der Waals surface area contributed by atoms with Crippen LogP contribution in [0.25, 0.3) is 11.0 Å². The molecule has 1 atom stereocenters. The lowest BCUT2D eigenvalue weighted by molar-refractivity contribution is -0.131. The summed E-state index contributed by atoms with van der Waals surface area (Å²) in [5.41, 5.74) is 2.61. The quantitative estimate of drug-likeness (QED) is 0.479. The van der Waals surface area contributed by atoms with Crippen LogP contribution in [0.4, 0.5) is 4.79 Å². The largest absolute Gasteiger partial charge is 0.497 e. The highest BCUT2D eigenvalue weighted by atomic mass is 16.5. The maximum Gasteiger partial charge on any atom is 0.325 e. The van der Waals surface area contributed by atoms with Gasteiger partial charge in [-0.25, -0.2) is 9.78 Å². The third-order valence-electron chi connectivity index (χ3n) is 5.12. The zero-order valence-corrected chi connectivity index (χ0v) is 17.1. The lowest BCUT2D eigenvalue weighted by atomic mass is 10.1. The van der Waals surface area contributed by atoms with Crippen LogP contribution < -0.4 is 15.4 Å². The fourth-order valence-electron chi connectivity index (χ4n) is 3.48. The maximum atomic E-state index is 12.6. The SMILES string of the molecule is COc1ccc(CN2C(=O)N[C@@H](CC(=O)NCCc3nc4ccccc4[nH]3)C2=O)cc1. The van der Waals surface area contributed by atoms with Crippen LogP contribution >= 0.6 is 0 Å². The predicted molar refractivity (Wildman–Crippen MR) is 113 cm³/mol. The maximum absolute atomic E-state index is 12.6. The van der Waals surface area contributed by atoms with Gasteiger partial charge < -0.3 is 20.4 Å². The van der Waals surface area contributed by atoms with Crippen molar-refractivity contribution in [2.24, 2.45) is 0 Å². The summed E-state index contributed by atoms with van der Waals surface area (Å²) in [6.45, 7) is 0.516. The van der Waals surface area contributed by atoms with Gasteiger partial charge in [0, 0.05) is 13.0 Å². The second-order valence-electron chi connectivity index (χ2n) is 7.28. The molecule has 160 valence electrons. The minimum absolute atomic E-state index is 0.107. The van der Waals surface area contributed by atoms with E-state index < -0.39 is 18.0 Å². The zero-order chi connectivity index (χ0) is 21.8. The Bertz CT molecular complexity index is 1080. The lowest BCUT2D eigenvalue weighted by Gasteiger charge is -2.13. The first kappa shape index (κ1) is 20.4. The van der Waals surface area contributed by atoms with Crippen molar-refractivity contribution in [3.63, 3.8) is 0 Å². The number of methoxy groups -OCH3 is 1. The van der Waals surface area contributed by atoms with Crippen LogP contribution in [-0.2, 0) is 22.6 Å². The smallest absolute Gasteiger partial charge is 0.325 e. The molecule has 1 aliphatic heterocycles. The van der Waals surface area contributed by atoms with Crippen molar-refractivity contribution in [2.75, 3.05) is 13.7 Å². The fourth-order valence-corrected chi connectivity index (χ4v) is 3.48. The number of ether oxygens (including phenoxy) is 1. The number of urea groups is 1. The molecule has 1 fully saturated rings. The predicted octanol–water partition coefficient (Wildman–Crippen LogP) is 1.74. The van der Waals surface area contributed by atoms with Gasteiger partial charge in [0.15, 0.2) is 0 Å². The molecule has 1 aromatic heterocycles. The standard InChI is InChI=1S/C22H23N5O4/c1-31-15-8-6-14(7-9-15)13-27-21(29)18(26-22(27)30)12-20(28)23-11-10-19-24-16-4-2-3-5-17(16)25-19/h2-9,18H,10-13H2,1H3,(H,23,28)(H,24,25)(H,26,30)/t18-/m0/s1. The normalized spacial score (nSPS) is 15.9. The van der Waals surface area contributed by atoms with E-state index in [0.29, 0.717) is 18.7 Å². The molecule has 0 aliphatic carbocycles. The van der Waals surface area contributed by atoms with Crippen LogP contribution in [0.3, 0.4) is 0 Å². The Kier molecular flexibility index (Phi) is 5.83. The van der Waals surface area contributed by atoms with E-state index in [1.54, 1.807) is 31.4 Å². The molecule has 4 amide bonds. The van der Waals surface area contributed by atoms with Crippen molar-refractivity contribution < 1.29 is 19.1 Å². The first-order chi connectivity index (χ1) is 15.0. The molecule has 0 bridgehead atoms. The van der Waals surface area contributed by atoms with E-state index >= 15 is 0 Å². The molecule has 0 spiro atoms. The number of imidazole rings is 1. The van der Waals surface area contributed by atoms with Crippen LogP contribution in [0.2, 0.25) is 0 Å². The molecule has 0 radical (unpaired) electrons. The molecule has 3 N–H and O–H groups in total. The molecular formula is C22H23N5O4. The summed E-state index contributed by atoms with van der Waals surface area (Å²) in [6, 6.07) is 13.4. The Morgan fingerprint density at radius 2 is 1.94 bits per heavy atom. The van der Waals surface area contributed by atoms with Gasteiger partial charge in [-0.05, 0) is 29.8 Å². The van der Waals surface area contributed by atoms with Crippen LogP contribution in [0.1, 0.15) is 17.8 Å². The highest BCUT2D eigenvalue weighted by Crippen LogP contribution is 2.17. The number of nitrogens with zero attached hydrogens (tertiary/aromatic N) is 2. The fraction of sp³-hybridized carbons (Fsp3) is 0.273. The van der Waals surface area contributed by atoms with E-state index in [-0.39, 0.29) is 18.9 Å². The molecule has 9 heteroatoms. The van der Waals surface area contributed by atoms with E-state index in [9.17, 15) is 14.4 Å². The van der Waals surface area contributed by atoms with E-state index in [0.717, 1.165) is 27.3 Å². The van der Waals surface area contributed by atoms with Gasteiger partial charge in [-0.3, -0.25) is 14.5 Å². The second kappa shape index (κ2) is 8.86. The van der Waals surface area contributed by atoms with Crippen molar-refractivity contribution in [2.45, 2.75) is 25.4 Å². The van der Waals surface area contributed by atoms with Gasteiger partial charge in [-0.15, -0.1) is 0 Å². The van der Waals surface area contributed by atoms with Crippen molar-refractivity contribution in [3.05, 3.63) is 59.9 Å². The topological polar surface area (TPSA) is 116 Å². The number of carbonyl (C=O) groups is 3. The van der Waals surface area contributed by atoms with Crippen LogP contribution in [0.15, 0.2) is 48.5 Å². The summed E-state index contributed by atoms with van der Waals surface area (Å²) in [4.78, 5) is 45.9. The van der Waals surface area contributed by atoms with Gasteiger partial charge in [0.05, 0.1) is 31.1 Å². The second-order valence-corrected chi connectivity index (χ2v) is 7.28. The van der Waals surface area contributed by atoms with Crippen LogP contribution in [0, 0.1) is 0 Å². The minimum Gasteiger partial charge on any atom is -0.497 e. The molecule has 1 aliphatic rings. The summed E-state index contributed by atoms with van der Waals surface area (Å²) in [5.74, 6) is 0.755. The molecule has 2 aromatic carbocycles. The summed E-state index contributed by atoms with van der Waals surface area (Å²) >= 11 is 0. The average molecular weight is 421 g/mol. The van der Waals surface area contributed by atoms with Crippen LogP contribution in [0.5, 0.6) is 5.75 Å². The lowest BCUT2D eigenvalue weighted by Crippen LogP contribution is -2.37. The average Bonchev–Trinajstić information content (AvgIpc) is 3.30. The number of hydrogen-bond acceptors (Lipinski definition) is 5. The number of nitrogens with one attached hydrogen (secondary N) is 3.